The predicted molar refractivity (Wildman–Crippen MR) is 87.4 cm³/mol. The van der Waals surface area contributed by atoms with Gasteiger partial charge in [-0.15, -0.1) is 0 Å². The van der Waals surface area contributed by atoms with Crippen molar-refractivity contribution in [3.05, 3.63) is 72.6 Å². The van der Waals surface area contributed by atoms with Gasteiger partial charge >= 0.3 is 0 Å². The molecular formula is C18H15N3. The van der Waals surface area contributed by atoms with Crippen LogP contribution in [0.1, 0.15) is 5.56 Å². The summed E-state index contributed by atoms with van der Waals surface area (Å²) < 4.78 is 0. The second-order valence-electron chi connectivity index (χ2n) is 5.13. The first kappa shape index (κ1) is 12.0. The highest BCUT2D eigenvalue weighted by atomic mass is 14.9. The second kappa shape index (κ2) is 4.94. The van der Waals surface area contributed by atoms with Gasteiger partial charge < -0.3 is 10.3 Å². The number of aromatic nitrogens is 2. The van der Waals surface area contributed by atoms with E-state index in [9.17, 15) is 0 Å². The smallest absolute Gasteiger partial charge is 0.137 e. The van der Waals surface area contributed by atoms with E-state index in [1.165, 1.54) is 21.7 Å². The molecule has 0 aliphatic heterocycles. The van der Waals surface area contributed by atoms with Crippen molar-refractivity contribution in [2.75, 3.05) is 5.32 Å². The first-order chi connectivity index (χ1) is 10.4. The Hall–Kier alpha value is -2.81. The minimum absolute atomic E-state index is 0.782. The minimum Gasteiger partial charge on any atom is -0.381 e. The molecule has 0 aliphatic carbocycles. The summed E-state index contributed by atoms with van der Waals surface area (Å²) in [4.78, 5) is 7.52. The van der Waals surface area contributed by atoms with Crippen molar-refractivity contribution < 1.29 is 0 Å². The van der Waals surface area contributed by atoms with Crippen molar-refractivity contribution in [3.8, 4) is 0 Å². The van der Waals surface area contributed by atoms with Crippen LogP contribution in [0, 0.1) is 0 Å². The largest absolute Gasteiger partial charge is 0.381 e. The van der Waals surface area contributed by atoms with Gasteiger partial charge in [-0.3, -0.25) is 0 Å². The number of fused-ring (bicyclic) bond motifs is 2. The Kier molecular flexibility index (Phi) is 2.82. The number of aromatic amines is 1. The molecule has 0 saturated carbocycles. The molecule has 21 heavy (non-hydrogen) atoms. The van der Waals surface area contributed by atoms with Crippen LogP contribution < -0.4 is 5.32 Å². The lowest BCUT2D eigenvalue weighted by atomic mass is 10.1. The number of nitrogens with one attached hydrogen (secondary N) is 2. The summed E-state index contributed by atoms with van der Waals surface area (Å²) in [5.41, 5.74) is 3.30. The van der Waals surface area contributed by atoms with Gasteiger partial charge in [-0.1, -0.05) is 30.3 Å². The third-order valence-electron chi connectivity index (χ3n) is 3.77. The molecular weight excluding hydrogens is 258 g/mol. The fourth-order valence-electron chi connectivity index (χ4n) is 2.66. The number of rotatable bonds is 3. The molecule has 3 nitrogen and oxygen atoms in total. The summed E-state index contributed by atoms with van der Waals surface area (Å²) in [5.74, 6) is 0. The molecule has 2 aromatic heterocycles. The molecule has 0 spiro atoms. The Balaban J connectivity index is 1.60. The highest BCUT2D eigenvalue weighted by Gasteiger charge is 2.03. The predicted octanol–water partition coefficient (Wildman–Crippen LogP) is 4.33. The van der Waals surface area contributed by atoms with Crippen LogP contribution in [0.3, 0.4) is 0 Å². The molecule has 0 bridgehead atoms. The standard InChI is InChI=1S/C18H15N3/c1-2-5-14-10-16(8-7-13(14)4-1)20-11-15-12-21-18-17(15)6-3-9-19-18/h1-10,12,20H,11H2,(H,19,21). The lowest BCUT2D eigenvalue weighted by molar-refractivity contribution is 1.16. The molecule has 0 fully saturated rings. The molecule has 4 aromatic rings. The summed E-state index contributed by atoms with van der Waals surface area (Å²) in [6.45, 7) is 0.782. The first-order valence-electron chi connectivity index (χ1n) is 7.04. The Morgan fingerprint density at radius 1 is 0.952 bits per heavy atom. The van der Waals surface area contributed by atoms with E-state index in [0.717, 1.165) is 17.9 Å². The normalized spacial score (nSPS) is 11.0. The quantitative estimate of drug-likeness (QED) is 0.583. The average Bonchev–Trinajstić information content (AvgIpc) is 2.96. The fourth-order valence-corrected chi connectivity index (χ4v) is 2.66. The monoisotopic (exact) mass is 273 g/mol. The lowest BCUT2D eigenvalue weighted by Gasteiger charge is -2.07. The van der Waals surface area contributed by atoms with Gasteiger partial charge in [-0.2, -0.15) is 0 Å². The van der Waals surface area contributed by atoms with Crippen molar-refractivity contribution in [2.24, 2.45) is 0 Å². The summed E-state index contributed by atoms with van der Waals surface area (Å²) >= 11 is 0. The highest BCUT2D eigenvalue weighted by molar-refractivity contribution is 5.86. The van der Waals surface area contributed by atoms with E-state index in [1.807, 2.05) is 12.3 Å². The van der Waals surface area contributed by atoms with Crippen LogP contribution in [0.5, 0.6) is 0 Å². The topological polar surface area (TPSA) is 40.7 Å². The van der Waals surface area contributed by atoms with Crippen LogP contribution in [0.25, 0.3) is 21.8 Å². The van der Waals surface area contributed by atoms with E-state index < -0.39 is 0 Å². The molecule has 2 aromatic carbocycles. The van der Waals surface area contributed by atoms with Crippen molar-refractivity contribution in [2.45, 2.75) is 6.54 Å². The lowest BCUT2D eigenvalue weighted by Crippen LogP contribution is -1.98. The van der Waals surface area contributed by atoms with Crippen LogP contribution >= 0.6 is 0 Å². The molecule has 0 atom stereocenters. The number of hydrogen-bond donors (Lipinski definition) is 2. The molecule has 2 heterocycles. The van der Waals surface area contributed by atoms with Crippen LogP contribution in [0.2, 0.25) is 0 Å². The Bertz CT molecular complexity index is 908. The number of nitrogens with zero attached hydrogens (tertiary/aromatic N) is 1. The maximum Gasteiger partial charge on any atom is 0.137 e. The van der Waals surface area contributed by atoms with Gasteiger partial charge in [0.2, 0.25) is 0 Å². The Morgan fingerprint density at radius 3 is 2.81 bits per heavy atom. The molecule has 0 radical (unpaired) electrons. The van der Waals surface area contributed by atoms with Gasteiger partial charge in [-0.25, -0.2) is 4.98 Å². The van der Waals surface area contributed by atoms with Crippen molar-refractivity contribution in [1.82, 2.24) is 9.97 Å². The van der Waals surface area contributed by atoms with E-state index in [4.69, 9.17) is 0 Å². The van der Waals surface area contributed by atoms with E-state index >= 15 is 0 Å². The Morgan fingerprint density at radius 2 is 1.86 bits per heavy atom. The molecule has 0 unspecified atom stereocenters. The second-order valence-corrected chi connectivity index (χ2v) is 5.13. The molecule has 0 saturated heterocycles. The SMILES string of the molecule is c1ccc2cc(NCc3c[nH]c4ncccc34)ccc2c1. The van der Waals surface area contributed by atoms with Gasteiger partial charge in [0.1, 0.15) is 5.65 Å². The van der Waals surface area contributed by atoms with Gasteiger partial charge in [0, 0.05) is 30.0 Å². The van der Waals surface area contributed by atoms with Gasteiger partial charge in [0.05, 0.1) is 0 Å². The highest BCUT2D eigenvalue weighted by Crippen LogP contribution is 2.21. The minimum atomic E-state index is 0.782. The van der Waals surface area contributed by atoms with Gasteiger partial charge in [0.15, 0.2) is 0 Å². The third-order valence-corrected chi connectivity index (χ3v) is 3.77. The van der Waals surface area contributed by atoms with E-state index in [2.05, 4.69) is 63.8 Å². The first-order valence-corrected chi connectivity index (χ1v) is 7.04. The Labute approximate surface area is 122 Å². The summed E-state index contributed by atoms with van der Waals surface area (Å²) in [6, 6.07) is 18.9. The van der Waals surface area contributed by atoms with Crippen molar-refractivity contribution in [3.63, 3.8) is 0 Å². The average molecular weight is 273 g/mol. The zero-order valence-electron chi connectivity index (χ0n) is 11.5. The fraction of sp³-hybridized carbons (Fsp3) is 0.0556. The van der Waals surface area contributed by atoms with E-state index in [0.29, 0.717) is 0 Å². The zero-order valence-corrected chi connectivity index (χ0v) is 11.5. The summed E-state index contributed by atoms with van der Waals surface area (Å²) in [7, 11) is 0. The molecule has 102 valence electrons. The number of benzene rings is 2. The van der Waals surface area contributed by atoms with Crippen molar-refractivity contribution >= 4 is 27.5 Å². The summed E-state index contributed by atoms with van der Waals surface area (Å²) in [5, 5.41) is 7.17. The number of anilines is 1. The molecule has 0 aliphatic rings. The van der Waals surface area contributed by atoms with E-state index in [1.54, 1.807) is 6.20 Å². The number of pyridine rings is 1. The maximum absolute atomic E-state index is 4.31. The molecule has 2 N–H and O–H groups in total. The number of H-pyrrole nitrogens is 1. The molecule has 4 rings (SSSR count). The third kappa shape index (κ3) is 2.23. The van der Waals surface area contributed by atoms with E-state index in [-0.39, 0.29) is 0 Å². The maximum atomic E-state index is 4.31. The summed E-state index contributed by atoms with van der Waals surface area (Å²) in [6.07, 6.45) is 3.82. The van der Waals surface area contributed by atoms with Crippen LogP contribution in [-0.4, -0.2) is 9.97 Å². The van der Waals surface area contributed by atoms with Gasteiger partial charge in [0.25, 0.3) is 0 Å². The van der Waals surface area contributed by atoms with Crippen LogP contribution in [0.15, 0.2) is 67.0 Å². The van der Waals surface area contributed by atoms with Gasteiger partial charge in [-0.05, 0) is 40.6 Å². The molecule has 3 heteroatoms. The number of hydrogen-bond acceptors (Lipinski definition) is 2. The zero-order chi connectivity index (χ0) is 14.1. The van der Waals surface area contributed by atoms with Crippen LogP contribution in [-0.2, 0) is 6.54 Å². The molecule has 0 amide bonds. The van der Waals surface area contributed by atoms with Crippen LogP contribution in [0.4, 0.5) is 5.69 Å². The van der Waals surface area contributed by atoms with Crippen molar-refractivity contribution in [1.29, 1.82) is 0 Å².